The molecule has 1 heterocycles. The summed E-state index contributed by atoms with van der Waals surface area (Å²) in [6, 6.07) is 3.43. The first kappa shape index (κ1) is 15.4. The maximum atomic E-state index is 13.7. The summed E-state index contributed by atoms with van der Waals surface area (Å²) < 4.78 is 27.4. The van der Waals surface area contributed by atoms with Crippen LogP contribution in [0, 0.1) is 23.5 Å². The molecular formula is C15H18F2N2O2. The molecule has 2 amide bonds. The van der Waals surface area contributed by atoms with Gasteiger partial charge in [0, 0.05) is 19.5 Å². The summed E-state index contributed by atoms with van der Waals surface area (Å²) in [5.74, 6) is -2.57. The quantitative estimate of drug-likeness (QED) is 0.925. The standard InChI is InChI=1S/C15H18F2N2O2/c1-9(2)7-18-15(21)10-6-13(20)19(8-10)14-11(16)4-3-5-12(14)17/h3-5,9-10H,6-8H2,1-2H3,(H,18,21). The Morgan fingerprint density at radius 2 is 2.00 bits per heavy atom. The van der Waals surface area contributed by atoms with E-state index in [4.69, 9.17) is 0 Å². The maximum absolute atomic E-state index is 13.7. The van der Waals surface area contributed by atoms with E-state index < -0.39 is 23.5 Å². The third-order valence-electron chi connectivity index (χ3n) is 3.39. The Bertz CT molecular complexity index is 540. The van der Waals surface area contributed by atoms with E-state index in [0.717, 1.165) is 17.0 Å². The first-order chi connectivity index (χ1) is 9.90. The van der Waals surface area contributed by atoms with Gasteiger partial charge in [0.15, 0.2) is 0 Å². The van der Waals surface area contributed by atoms with E-state index in [1.165, 1.54) is 6.07 Å². The van der Waals surface area contributed by atoms with Crippen LogP contribution in [0.3, 0.4) is 0 Å². The molecule has 2 rings (SSSR count). The average Bonchev–Trinajstić information content (AvgIpc) is 2.78. The van der Waals surface area contributed by atoms with Crippen LogP contribution in [0.5, 0.6) is 0 Å². The van der Waals surface area contributed by atoms with Crippen molar-refractivity contribution in [3.8, 4) is 0 Å². The van der Waals surface area contributed by atoms with Crippen LogP contribution in [0.25, 0.3) is 0 Å². The molecule has 1 unspecified atom stereocenters. The molecule has 0 aromatic heterocycles. The van der Waals surface area contributed by atoms with Crippen molar-refractivity contribution in [2.75, 3.05) is 18.0 Å². The van der Waals surface area contributed by atoms with Gasteiger partial charge >= 0.3 is 0 Å². The predicted octanol–water partition coefficient (Wildman–Crippen LogP) is 2.09. The van der Waals surface area contributed by atoms with E-state index in [9.17, 15) is 18.4 Å². The Morgan fingerprint density at radius 1 is 1.38 bits per heavy atom. The largest absolute Gasteiger partial charge is 0.356 e. The average molecular weight is 296 g/mol. The van der Waals surface area contributed by atoms with Gasteiger partial charge in [-0.15, -0.1) is 0 Å². The van der Waals surface area contributed by atoms with Crippen molar-refractivity contribution in [1.29, 1.82) is 0 Å². The summed E-state index contributed by atoms with van der Waals surface area (Å²) in [7, 11) is 0. The summed E-state index contributed by atoms with van der Waals surface area (Å²) in [5, 5.41) is 2.74. The molecule has 1 aromatic rings. The first-order valence-electron chi connectivity index (χ1n) is 6.92. The van der Waals surface area contributed by atoms with Gasteiger partial charge in [0.25, 0.3) is 0 Å². The number of carbonyl (C=O) groups excluding carboxylic acids is 2. The number of anilines is 1. The molecule has 21 heavy (non-hydrogen) atoms. The van der Waals surface area contributed by atoms with Crippen molar-refractivity contribution in [3.63, 3.8) is 0 Å². The molecule has 1 saturated heterocycles. The highest BCUT2D eigenvalue weighted by atomic mass is 19.1. The van der Waals surface area contributed by atoms with Gasteiger partial charge in [0.1, 0.15) is 17.3 Å². The Balaban J connectivity index is 2.11. The van der Waals surface area contributed by atoms with Crippen molar-refractivity contribution in [3.05, 3.63) is 29.8 Å². The van der Waals surface area contributed by atoms with Crippen LogP contribution in [0.15, 0.2) is 18.2 Å². The molecule has 1 aliphatic heterocycles. The van der Waals surface area contributed by atoms with Crippen molar-refractivity contribution in [1.82, 2.24) is 5.32 Å². The lowest BCUT2D eigenvalue weighted by molar-refractivity contribution is -0.126. The minimum absolute atomic E-state index is 0.000610. The van der Waals surface area contributed by atoms with Gasteiger partial charge in [-0.05, 0) is 18.1 Å². The Hall–Kier alpha value is -1.98. The molecule has 1 atom stereocenters. The number of para-hydroxylation sites is 1. The number of carbonyl (C=O) groups is 2. The fourth-order valence-electron chi connectivity index (χ4n) is 2.30. The molecule has 0 saturated carbocycles. The lowest BCUT2D eigenvalue weighted by Gasteiger charge is -2.18. The molecule has 1 aromatic carbocycles. The molecule has 0 spiro atoms. The Labute approximate surface area is 122 Å². The lowest BCUT2D eigenvalue weighted by Crippen LogP contribution is -2.35. The highest BCUT2D eigenvalue weighted by Crippen LogP contribution is 2.29. The minimum atomic E-state index is -0.799. The van der Waals surface area contributed by atoms with Gasteiger partial charge < -0.3 is 10.2 Å². The number of rotatable bonds is 4. The zero-order chi connectivity index (χ0) is 15.6. The smallest absolute Gasteiger partial charge is 0.228 e. The molecule has 0 aliphatic carbocycles. The highest BCUT2D eigenvalue weighted by molar-refractivity contribution is 6.00. The Kier molecular flexibility index (Phi) is 4.55. The van der Waals surface area contributed by atoms with Gasteiger partial charge in [0.05, 0.1) is 5.92 Å². The van der Waals surface area contributed by atoms with Crippen LogP contribution in [0.4, 0.5) is 14.5 Å². The normalized spacial score (nSPS) is 18.4. The van der Waals surface area contributed by atoms with Crippen LogP contribution < -0.4 is 10.2 Å². The SMILES string of the molecule is CC(C)CNC(=O)C1CC(=O)N(c2c(F)cccc2F)C1. The van der Waals surface area contributed by atoms with Gasteiger partial charge in [-0.1, -0.05) is 19.9 Å². The number of halogens is 2. The summed E-state index contributed by atoms with van der Waals surface area (Å²) in [6.07, 6.45) is -0.0301. The van der Waals surface area contributed by atoms with E-state index in [1.807, 2.05) is 13.8 Å². The van der Waals surface area contributed by atoms with Gasteiger partial charge in [-0.3, -0.25) is 9.59 Å². The fourth-order valence-corrected chi connectivity index (χ4v) is 2.30. The third kappa shape index (κ3) is 3.37. The molecule has 114 valence electrons. The molecule has 6 heteroatoms. The second kappa shape index (κ2) is 6.20. The molecule has 1 N–H and O–H groups in total. The van der Waals surface area contributed by atoms with Crippen molar-refractivity contribution in [2.24, 2.45) is 11.8 Å². The van der Waals surface area contributed by atoms with Gasteiger partial charge in [-0.25, -0.2) is 8.78 Å². The van der Waals surface area contributed by atoms with Crippen molar-refractivity contribution in [2.45, 2.75) is 20.3 Å². The van der Waals surface area contributed by atoms with Crippen LogP contribution in [0.1, 0.15) is 20.3 Å². The monoisotopic (exact) mass is 296 g/mol. The number of hydrogen-bond donors (Lipinski definition) is 1. The zero-order valence-corrected chi connectivity index (χ0v) is 12.0. The minimum Gasteiger partial charge on any atom is -0.356 e. The molecule has 0 radical (unpaired) electrons. The van der Waals surface area contributed by atoms with Gasteiger partial charge in [-0.2, -0.15) is 0 Å². The number of nitrogens with zero attached hydrogens (tertiary/aromatic N) is 1. The Morgan fingerprint density at radius 3 is 2.57 bits per heavy atom. The predicted molar refractivity (Wildman–Crippen MR) is 74.7 cm³/mol. The van der Waals surface area contributed by atoms with E-state index in [0.29, 0.717) is 12.5 Å². The van der Waals surface area contributed by atoms with Gasteiger partial charge in [0.2, 0.25) is 11.8 Å². The van der Waals surface area contributed by atoms with Crippen LogP contribution in [-0.4, -0.2) is 24.9 Å². The summed E-state index contributed by atoms with van der Waals surface area (Å²) >= 11 is 0. The van der Waals surface area contributed by atoms with E-state index in [1.54, 1.807) is 0 Å². The van der Waals surface area contributed by atoms with E-state index in [-0.39, 0.29) is 24.6 Å². The molecule has 1 aliphatic rings. The second-order valence-electron chi connectivity index (χ2n) is 5.61. The maximum Gasteiger partial charge on any atom is 0.228 e. The van der Waals surface area contributed by atoms with Crippen LogP contribution in [0.2, 0.25) is 0 Å². The fraction of sp³-hybridized carbons (Fsp3) is 0.467. The topological polar surface area (TPSA) is 49.4 Å². The number of hydrogen-bond acceptors (Lipinski definition) is 2. The summed E-state index contributed by atoms with van der Waals surface area (Å²) in [4.78, 5) is 24.9. The molecular weight excluding hydrogens is 278 g/mol. The summed E-state index contributed by atoms with van der Waals surface area (Å²) in [5.41, 5.74) is -0.373. The number of amides is 2. The van der Waals surface area contributed by atoms with Crippen molar-refractivity contribution < 1.29 is 18.4 Å². The van der Waals surface area contributed by atoms with E-state index >= 15 is 0 Å². The lowest BCUT2D eigenvalue weighted by atomic mass is 10.1. The molecule has 0 bridgehead atoms. The number of benzene rings is 1. The van der Waals surface area contributed by atoms with Crippen LogP contribution >= 0.6 is 0 Å². The highest BCUT2D eigenvalue weighted by Gasteiger charge is 2.37. The second-order valence-corrected chi connectivity index (χ2v) is 5.61. The zero-order valence-electron chi connectivity index (χ0n) is 12.0. The molecule has 1 fully saturated rings. The van der Waals surface area contributed by atoms with Crippen molar-refractivity contribution >= 4 is 17.5 Å². The third-order valence-corrected chi connectivity index (χ3v) is 3.39. The summed E-state index contributed by atoms with van der Waals surface area (Å²) in [6.45, 7) is 4.43. The molecule has 4 nitrogen and oxygen atoms in total. The van der Waals surface area contributed by atoms with E-state index in [2.05, 4.69) is 5.32 Å². The van der Waals surface area contributed by atoms with Crippen LogP contribution in [-0.2, 0) is 9.59 Å². The number of nitrogens with one attached hydrogen (secondary N) is 1. The first-order valence-corrected chi connectivity index (χ1v) is 6.92.